The molecule has 8 rings (SSSR count). The average molecular weight is 800 g/mol. The third kappa shape index (κ3) is 9.41. The number of methoxy groups -OCH3 is 1. The molecule has 0 amide bonds. The Bertz CT molecular complexity index is 2150. The van der Waals surface area contributed by atoms with Crippen LogP contribution in [0.5, 0.6) is 11.5 Å². The van der Waals surface area contributed by atoms with Crippen molar-refractivity contribution in [2.45, 2.75) is 114 Å². The smallest absolute Gasteiger partial charge is 0.160 e. The Morgan fingerprint density at radius 3 is 2.61 bits per heavy atom. The number of carbonyl (C=O) groups excluding carboxylic acids is 2. The van der Waals surface area contributed by atoms with Crippen LogP contribution in [-0.4, -0.2) is 65.3 Å². The Hall–Kier alpha value is -4.62. The number of nitrogens with one attached hydrogen (secondary N) is 2. The van der Waals surface area contributed by atoms with Gasteiger partial charge in [0, 0.05) is 43.7 Å². The third-order valence-electron chi connectivity index (χ3n) is 14.4. The number of carbonyl (C=O) groups is 2. The predicted molar refractivity (Wildman–Crippen MR) is 231 cm³/mol. The zero-order valence-corrected chi connectivity index (χ0v) is 34.4. The number of piperidine rings is 1. The molecule has 3 aromatic rings. The van der Waals surface area contributed by atoms with Gasteiger partial charge in [0.15, 0.2) is 17.3 Å². The van der Waals surface area contributed by atoms with E-state index >= 15 is 0 Å². The third-order valence-corrected chi connectivity index (χ3v) is 14.4. The van der Waals surface area contributed by atoms with Gasteiger partial charge in [-0.05, 0) is 139 Å². The maximum absolute atomic E-state index is 13.8. The highest BCUT2D eigenvalue weighted by Crippen LogP contribution is 2.46. The summed E-state index contributed by atoms with van der Waals surface area (Å²) in [4.78, 5) is 25.9. The van der Waals surface area contributed by atoms with Crippen LogP contribution in [0, 0.1) is 41.4 Å². The minimum Gasteiger partial charge on any atom is -0.504 e. The van der Waals surface area contributed by atoms with E-state index in [4.69, 9.17) is 10.5 Å². The molecule has 7 N–H and O–H groups in total. The number of ketones is 2. The molecule has 59 heavy (non-hydrogen) atoms. The van der Waals surface area contributed by atoms with E-state index < -0.39 is 18.1 Å². The lowest BCUT2D eigenvalue weighted by Gasteiger charge is -2.49. The van der Waals surface area contributed by atoms with Crippen LogP contribution in [-0.2, 0) is 16.0 Å². The number of benzene rings is 3. The number of allylic oxidation sites excluding steroid dienone is 2. The summed E-state index contributed by atoms with van der Waals surface area (Å²) in [6.45, 7) is 1.59. The number of rotatable bonds is 12. The van der Waals surface area contributed by atoms with Crippen molar-refractivity contribution in [1.82, 2.24) is 10.6 Å². The van der Waals surface area contributed by atoms with Crippen molar-refractivity contribution in [3.63, 3.8) is 0 Å². The summed E-state index contributed by atoms with van der Waals surface area (Å²) in [5.74, 6) is 9.05. The SMILES string of the molecule is COc1cc2c(cc1O)C(CCC(O)CC(C1=CCNC(N)=C1)c1ccc3ccccc3c1)C#CC(C(O)CCC1CCC3C(CNC4CC(=O)CCC43)C1)C(=O)CC2. The zero-order chi connectivity index (χ0) is 41.0. The van der Waals surface area contributed by atoms with Crippen molar-refractivity contribution in [1.29, 1.82) is 0 Å². The van der Waals surface area contributed by atoms with Crippen molar-refractivity contribution in [2.24, 2.45) is 35.3 Å². The van der Waals surface area contributed by atoms with Gasteiger partial charge < -0.3 is 36.4 Å². The number of nitrogens with two attached hydrogens (primary N) is 1. The first-order valence-corrected chi connectivity index (χ1v) is 22.1. The van der Waals surface area contributed by atoms with Gasteiger partial charge in [0.2, 0.25) is 0 Å². The second-order valence-electron chi connectivity index (χ2n) is 18.0. The molecule has 0 bridgehead atoms. The van der Waals surface area contributed by atoms with Gasteiger partial charge in [-0.25, -0.2) is 0 Å². The number of aliphatic hydroxyl groups is 2. The molecule has 10 unspecified atom stereocenters. The summed E-state index contributed by atoms with van der Waals surface area (Å²) in [6.07, 6.45) is 11.8. The Balaban J connectivity index is 0.971. The summed E-state index contributed by atoms with van der Waals surface area (Å²) < 4.78 is 5.47. The van der Waals surface area contributed by atoms with Gasteiger partial charge in [-0.15, -0.1) is 0 Å². The second-order valence-corrected chi connectivity index (χ2v) is 18.0. The highest BCUT2D eigenvalue weighted by molar-refractivity contribution is 5.85. The number of hydrogen-bond donors (Lipinski definition) is 6. The summed E-state index contributed by atoms with van der Waals surface area (Å²) in [5, 5.41) is 43.6. The van der Waals surface area contributed by atoms with Crippen LogP contribution in [0.15, 0.2) is 78.1 Å². The summed E-state index contributed by atoms with van der Waals surface area (Å²) in [7, 11) is 1.51. The van der Waals surface area contributed by atoms with Crippen LogP contribution in [0.4, 0.5) is 0 Å². The van der Waals surface area contributed by atoms with Gasteiger partial charge in [-0.2, -0.15) is 0 Å². The minimum atomic E-state index is -0.872. The molecular formula is C50H61N3O6. The number of aliphatic hydroxyl groups excluding tert-OH is 2. The lowest BCUT2D eigenvalue weighted by atomic mass is 9.61. The van der Waals surface area contributed by atoms with E-state index in [0.717, 1.165) is 71.7 Å². The Labute approximate surface area is 348 Å². The first-order chi connectivity index (χ1) is 28.6. The van der Waals surface area contributed by atoms with Crippen LogP contribution < -0.4 is 21.1 Å². The van der Waals surface area contributed by atoms with Crippen molar-refractivity contribution < 1.29 is 29.6 Å². The second kappa shape index (κ2) is 18.3. The van der Waals surface area contributed by atoms with E-state index in [1.165, 1.54) is 13.5 Å². The normalized spacial score (nSPS) is 28.4. The minimum absolute atomic E-state index is 0.00901. The van der Waals surface area contributed by atoms with Gasteiger partial charge in [-0.1, -0.05) is 66.8 Å². The van der Waals surface area contributed by atoms with E-state index in [-0.39, 0.29) is 29.8 Å². The Morgan fingerprint density at radius 1 is 0.932 bits per heavy atom. The number of hydrogen-bond acceptors (Lipinski definition) is 9. The number of phenols is 1. The fraction of sp³-hybridized carbons (Fsp3) is 0.520. The maximum Gasteiger partial charge on any atom is 0.160 e. The van der Waals surface area contributed by atoms with Crippen LogP contribution in [0.1, 0.15) is 106 Å². The molecule has 3 aliphatic carbocycles. The van der Waals surface area contributed by atoms with Crippen LogP contribution in [0.2, 0.25) is 0 Å². The molecule has 2 aliphatic heterocycles. The zero-order valence-electron chi connectivity index (χ0n) is 34.4. The van der Waals surface area contributed by atoms with E-state index in [1.807, 2.05) is 18.2 Å². The van der Waals surface area contributed by atoms with Gasteiger partial charge in [0.1, 0.15) is 11.7 Å². The van der Waals surface area contributed by atoms with Crippen molar-refractivity contribution in [2.75, 3.05) is 20.2 Å². The number of ether oxygens (including phenoxy) is 1. The van der Waals surface area contributed by atoms with E-state index in [1.54, 1.807) is 12.1 Å². The molecule has 0 aromatic heterocycles. The number of Topliss-reactive ketones (excluding diaryl/α,β-unsaturated/α-hetero) is 2. The molecular weight excluding hydrogens is 739 g/mol. The fourth-order valence-electron chi connectivity index (χ4n) is 11.2. The lowest BCUT2D eigenvalue weighted by Crippen LogP contribution is -2.54. The van der Waals surface area contributed by atoms with Gasteiger partial charge in [0.25, 0.3) is 0 Å². The molecule has 3 aromatic carbocycles. The molecule has 10 atom stereocenters. The summed E-state index contributed by atoms with van der Waals surface area (Å²) in [6, 6.07) is 18.6. The maximum atomic E-state index is 13.8. The van der Waals surface area contributed by atoms with Crippen LogP contribution in [0.3, 0.4) is 0 Å². The van der Waals surface area contributed by atoms with Crippen molar-refractivity contribution in [3.8, 4) is 23.3 Å². The Morgan fingerprint density at radius 2 is 1.78 bits per heavy atom. The van der Waals surface area contributed by atoms with Crippen LogP contribution >= 0.6 is 0 Å². The van der Waals surface area contributed by atoms with E-state index in [0.29, 0.717) is 92.1 Å². The van der Waals surface area contributed by atoms with Gasteiger partial charge in [-0.3, -0.25) is 9.59 Å². The number of aromatic hydroxyl groups is 1. The molecule has 3 fully saturated rings. The molecule has 2 heterocycles. The molecule has 2 saturated carbocycles. The van der Waals surface area contributed by atoms with E-state index in [9.17, 15) is 24.9 Å². The number of aryl methyl sites for hydroxylation is 1. The summed E-state index contributed by atoms with van der Waals surface area (Å²) >= 11 is 0. The highest BCUT2D eigenvalue weighted by atomic mass is 16.5. The molecule has 312 valence electrons. The predicted octanol–water partition coefficient (Wildman–Crippen LogP) is 6.93. The molecule has 9 heteroatoms. The molecule has 0 spiro atoms. The standard InChI is InChI=1S/C50H61N3O6/c1-59-49-24-35-12-19-47(57)42(46(56)18-7-30-6-15-40-37(22-30)29-53-45-27-39(55)14-17-41(40)45)16-11-32(44(35)28-48(49)58)10-13-38(54)26-43(36-20-21-52-50(51)25-36)34-9-8-31-4-2-3-5-33(31)23-34/h2-5,8-9,20,23-25,28,30,32,37-38,40-43,45-46,52-54,56,58H,6-7,10,12-15,17-19,21-22,26-27,29,51H2,1H3. The van der Waals surface area contributed by atoms with E-state index in [2.05, 4.69) is 58.9 Å². The molecule has 0 radical (unpaired) electrons. The first kappa shape index (κ1) is 41.1. The van der Waals surface area contributed by atoms with Gasteiger partial charge >= 0.3 is 0 Å². The molecule has 5 aliphatic rings. The first-order valence-electron chi connectivity index (χ1n) is 22.1. The summed E-state index contributed by atoms with van der Waals surface area (Å²) in [5.41, 5.74) is 10.1. The fourth-order valence-corrected chi connectivity index (χ4v) is 11.2. The molecule has 1 saturated heterocycles. The number of phenolic OH excluding ortho intramolecular Hbond substituents is 1. The Kier molecular flexibility index (Phi) is 12.8. The van der Waals surface area contributed by atoms with Crippen molar-refractivity contribution >= 4 is 22.3 Å². The number of fused-ring (bicyclic) bond motifs is 5. The lowest BCUT2D eigenvalue weighted by molar-refractivity contribution is -0.124. The monoisotopic (exact) mass is 799 g/mol. The molecule has 9 nitrogen and oxygen atoms in total. The van der Waals surface area contributed by atoms with Crippen molar-refractivity contribution in [3.05, 3.63) is 94.8 Å². The average Bonchev–Trinajstić information content (AvgIpc) is 3.30. The largest absolute Gasteiger partial charge is 0.504 e. The quantitative estimate of drug-likeness (QED) is 0.107. The van der Waals surface area contributed by atoms with Crippen LogP contribution in [0.25, 0.3) is 10.8 Å². The number of dihydropyridines is 1. The van der Waals surface area contributed by atoms with Gasteiger partial charge in [0.05, 0.1) is 25.1 Å². The topological polar surface area (TPSA) is 154 Å². The highest BCUT2D eigenvalue weighted by Gasteiger charge is 2.44.